The van der Waals surface area contributed by atoms with Crippen LogP contribution in [0.3, 0.4) is 0 Å². The minimum Gasteiger partial charge on any atom is -0.466 e. The number of aliphatic hydroxyl groups is 1. The molecule has 2 heterocycles. The van der Waals surface area contributed by atoms with Crippen molar-refractivity contribution in [1.29, 1.82) is 0 Å². The van der Waals surface area contributed by atoms with Crippen molar-refractivity contribution in [2.75, 3.05) is 38.2 Å². The van der Waals surface area contributed by atoms with Crippen molar-refractivity contribution in [3.63, 3.8) is 0 Å². The molecule has 0 saturated carbocycles. The third-order valence-corrected chi connectivity index (χ3v) is 6.06. The fraction of sp³-hybridized carbons (Fsp3) is 0.346. The van der Waals surface area contributed by atoms with Gasteiger partial charge in [0, 0.05) is 19.6 Å². The summed E-state index contributed by atoms with van der Waals surface area (Å²) in [7, 11) is 0. The molecule has 39 heavy (non-hydrogen) atoms. The summed E-state index contributed by atoms with van der Waals surface area (Å²) in [6, 6.07) is 11.4. The van der Waals surface area contributed by atoms with Crippen LogP contribution in [0.5, 0.6) is 5.88 Å². The number of anilines is 1. The van der Waals surface area contributed by atoms with E-state index in [2.05, 4.69) is 21.0 Å². The molecule has 0 aliphatic carbocycles. The average molecular weight is 545 g/mol. The van der Waals surface area contributed by atoms with E-state index in [4.69, 9.17) is 14.7 Å². The molecule has 4 N–H and O–H groups in total. The number of carbonyl (C=O) groups excluding carboxylic acids is 2. The van der Waals surface area contributed by atoms with Gasteiger partial charge in [0.2, 0.25) is 5.88 Å². The van der Waals surface area contributed by atoms with Crippen molar-refractivity contribution in [3.8, 4) is 11.6 Å². The second-order valence-electron chi connectivity index (χ2n) is 8.77. The Bertz CT molecular complexity index is 1310. The second kappa shape index (κ2) is 12.7. The lowest BCUT2D eigenvalue weighted by atomic mass is 10.0. The van der Waals surface area contributed by atoms with E-state index in [1.54, 1.807) is 36.3 Å². The molecule has 2 atom stereocenters. The van der Waals surface area contributed by atoms with E-state index >= 15 is 0 Å². The Labute approximate surface area is 223 Å². The average Bonchev–Trinajstić information content (AvgIpc) is 3.48. The zero-order chi connectivity index (χ0) is 27.9. The standard InChI is InChI=1S/C26H30F2N6O5/c1-3-33-14-21(23(39-33)17-9-10-19(27)20(28)13-17)30-26(37)31-24-16(2)25(38-15-22(36)29-11-12-35)32-34(24)18-7-5-4-6-8-18/h4-10,13,21,23,35H,3,11-12,14-15H2,1-2H3,(H,29,36)(H2,30,31,37)/t21-,23+/m1/s1. The molecule has 0 unspecified atom stereocenters. The van der Waals surface area contributed by atoms with E-state index in [0.717, 1.165) is 12.1 Å². The summed E-state index contributed by atoms with van der Waals surface area (Å²) in [5, 5.41) is 23.1. The van der Waals surface area contributed by atoms with Crippen LogP contribution in [0.2, 0.25) is 0 Å². The zero-order valence-corrected chi connectivity index (χ0v) is 21.5. The molecule has 13 heteroatoms. The fourth-order valence-corrected chi connectivity index (χ4v) is 4.11. The van der Waals surface area contributed by atoms with Gasteiger partial charge in [-0.05, 0) is 36.8 Å². The summed E-state index contributed by atoms with van der Waals surface area (Å²) in [6.07, 6.45) is -0.734. The highest BCUT2D eigenvalue weighted by Crippen LogP contribution is 2.31. The number of nitrogens with one attached hydrogen (secondary N) is 3. The molecule has 0 bridgehead atoms. The summed E-state index contributed by atoms with van der Waals surface area (Å²) in [5.74, 6) is -1.97. The number of aliphatic hydroxyl groups excluding tert-OH is 1. The number of likely N-dealkylation sites (N-methyl/N-ethyl adjacent to an activating group) is 1. The van der Waals surface area contributed by atoms with Gasteiger partial charge in [-0.2, -0.15) is 5.06 Å². The quantitative estimate of drug-likeness (QED) is 0.309. The Kier molecular flexibility index (Phi) is 9.07. The molecule has 3 amide bonds. The molecular weight excluding hydrogens is 514 g/mol. The maximum atomic E-state index is 13.9. The van der Waals surface area contributed by atoms with Crippen molar-refractivity contribution >= 4 is 17.8 Å². The molecule has 1 aromatic heterocycles. The highest BCUT2D eigenvalue weighted by Gasteiger charge is 2.36. The highest BCUT2D eigenvalue weighted by atomic mass is 19.2. The predicted molar refractivity (Wildman–Crippen MR) is 137 cm³/mol. The first-order valence-corrected chi connectivity index (χ1v) is 12.4. The van der Waals surface area contributed by atoms with Gasteiger partial charge in [0.05, 0.1) is 23.9 Å². The van der Waals surface area contributed by atoms with Crippen LogP contribution in [0.15, 0.2) is 48.5 Å². The summed E-state index contributed by atoms with van der Waals surface area (Å²) in [6.45, 7) is 3.96. The molecule has 208 valence electrons. The van der Waals surface area contributed by atoms with Crippen LogP contribution in [0.1, 0.15) is 24.2 Å². The first kappa shape index (κ1) is 28.0. The fourth-order valence-electron chi connectivity index (χ4n) is 4.11. The normalized spacial score (nSPS) is 17.2. The number of halogens is 2. The molecule has 1 aliphatic heterocycles. The van der Waals surface area contributed by atoms with Crippen LogP contribution < -0.4 is 20.7 Å². The Morgan fingerprint density at radius 3 is 2.64 bits per heavy atom. The Balaban J connectivity index is 1.54. The monoisotopic (exact) mass is 544 g/mol. The van der Waals surface area contributed by atoms with E-state index in [1.807, 2.05) is 13.0 Å². The topological polar surface area (TPSA) is 130 Å². The van der Waals surface area contributed by atoms with Crippen molar-refractivity contribution in [2.24, 2.45) is 0 Å². The zero-order valence-electron chi connectivity index (χ0n) is 21.5. The van der Waals surface area contributed by atoms with E-state index in [-0.39, 0.29) is 25.6 Å². The first-order chi connectivity index (χ1) is 18.8. The highest BCUT2D eigenvalue weighted by molar-refractivity contribution is 5.90. The number of hydrogen-bond donors (Lipinski definition) is 4. The van der Waals surface area contributed by atoms with Crippen LogP contribution in [0, 0.1) is 18.6 Å². The summed E-state index contributed by atoms with van der Waals surface area (Å²) in [4.78, 5) is 31.0. The van der Waals surface area contributed by atoms with Gasteiger partial charge < -0.3 is 20.5 Å². The Morgan fingerprint density at radius 1 is 1.18 bits per heavy atom. The number of para-hydroxylation sites is 1. The van der Waals surface area contributed by atoms with Gasteiger partial charge in [0.15, 0.2) is 18.2 Å². The van der Waals surface area contributed by atoms with Gasteiger partial charge in [-0.15, -0.1) is 5.10 Å². The second-order valence-corrected chi connectivity index (χ2v) is 8.77. The van der Waals surface area contributed by atoms with Crippen LogP contribution in [0.4, 0.5) is 19.4 Å². The number of nitrogens with zero attached hydrogens (tertiary/aromatic N) is 3. The van der Waals surface area contributed by atoms with Crippen LogP contribution >= 0.6 is 0 Å². The minimum atomic E-state index is -1.01. The van der Waals surface area contributed by atoms with Crippen molar-refractivity contribution in [2.45, 2.75) is 26.0 Å². The van der Waals surface area contributed by atoms with Crippen LogP contribution in [-0.2, 0) is 9.63 Å². The van der Waals surface area contributed by atoms with Crippen LogP contribution in [-0.4, -0.2) is 70.8 Å². The van der Waals surface area contributed by atoms with Gasteiger partial charge in [0.25, 0.3) is 5.91 Å². The predicted octanol–water partition coefficient (Wildman–Crippen LogP) is 2.44. The summed E-state index contributed by atoms with van der Waals surface area (Å²) >= 11 is 0. The van der Waals surface area contributed by atoms with E-state index < -0.39 is 35.7 Å². The maximum Gasteiger partial charge on any atom is 0.320 e. The van der Waals surface area contributed by atoms with Gasteiger partial charge >= 0.3 is 6.03 Å². The molecule has 11 nitrogen and oxygen atoms in total. The van der Waals surface area contributed by atoms with E-state index in [0.29, 0.717) is 35.7 Å². The molecule has 0 radical (unpaired) electrons. The SMILES string of the molecule is CCN1C[C@@H](NC(=O)Nc2c(C)c(OCC(=O)NCCO)nn2-c2ccccc2)[C@H](c2ccc(F)c(F)c2)O1. The smallest absolute Gasteiger partial charge is 0.320 e. The molecule has 4 rings (SSSR count). The Hall–Kier alpha value is -4.07. The number of carbonyl (C=O) groups is 2. The molecular formula is C26H30F2N6O5. The number of urea groups is 1. The molecule has 1 aliphatic rings. The molecule has 0 spiro atoms. The van der Waals surface area contributed by atoms with E-state index in [9.17, 15) is 18.4 Å². The lowest BCUT2D eigenvalue weighted by Crippen LogP contribution is -2.42. The molecule has 3 aromatic rings. The van der Waals surface area contributed by atoms with Gasteiger partial charge in [-0.25, -0.2) is 18.3 Å². The van der Waals surface area contributed by atoms with E-state index in [1.165, 1.54) is 10.7 Å². The third-order valence-electron chi connectivity index (χ3n) is 6.06. The number of benzene rings is 2. The van der Waals surface area contributed by atoms with Crippen molar-refractivity contribution in [1.82, 2.24) is 25.5 Å². The summed E-state index contributed by atoms with van der Waals surface area (Å²) in [5.41, 5.74) is 1.49. The molecule has 1 fully saturated rings. The lowest BCUT2D eigenvalue weighted by Gasteiger charge is -2.19. The number of hydroxylamine groups is 2. The lowest BCUT2D eigenvalue weighted by molar-refractivity contribution is -0.144. The number of rotatable bonds is 10. The minimum absolute atomic E-state index is 0.0957. The number of ether oxygens (including phenoxy) is 1. The van der Waals surface area contributed by atoms with Crippen LogP contribution in [0.25, 0.3) is 5.69 Å². The first-order valence-electron chi connectivity index (χ1n) is 12.4. The largest absolute Gasteiger partial charge is 0.466 e. The van der Waals surface area contributed by atoms with Crippen molar-refractivity contribution < 1.29 is 33.1 Å². The molecule has 1 saturated heterocycles. The molecule has 2 aromatic carbocycles. The van der Waals surface area contributed by atoms with Gasteiger partial charge in [-0.3, -0.25) is 14.9 Å². The number of hydrogen-bond acceptors (Lipinski definition) is 7. The van der Waals surface area contributed by atoms with Gasteiger partial charge in [0.1, 0.15) is 11.9 Å². The summed E-state index contributed by atoms with van der Waals surface area (Å²) < 4.78 is 34.5. The van der Waals surface area contributed by atoms with Gasteiger partial charge in [-0.1, -0.05) is 31.2 Å². The third kappa shape index (κ3) is 6.69. The number of amides is 3. The van der Waals surface area contributed by atoms with Crippen molar-refractivity contribution in [3.05, 3.63) is 71.3 Å². The Morgan fingerprint density at radius 2 is 1.95 bits per heavy atom. The maximum absolute atomic E-state index is 13.9. The number of aromatic nitrogens is 2.